The van der Waals surface area contributed by atoms with E-state index in [0.29, 0.717) is 5.92 Å². The number of hydrogen-bond acceptors (Lipinski definition) is 1. The first kappa shape index (κ1) is 24.6. The second kappa shape index (κ2) is 11.2. The van der Waals surface area contributed by atoms with Gasteiger partial charge in [0.25, 0.3) is 0 Å². The molecule has 3 rings (SSSR count). The number of ether oxygens (including phenoxy) is 1. The summed E-state index contributed by atoms with van der Waals surface area (Å²) in [5.74, 6) is 4.08. The number of rotatable bonds is 5. The zero-order valence-electron chi connectivity index (χ0n) is 18.5. The van der Waals surface area contributed by atoms with E-state index >= 15 is 0 Å². The average molecular weight is 455 g/mol. The molecule has 1 aromatic rings. The molecule has 2 aliphatic carbocycles. The molecular formula is C26H31F5O. The van der Waals surface area contributed by atoms with Crippen molar-refractivity contribution in [1.29, 1.82) is 0 Å². The molecule has 0 unspecified atom stereocenters. The van der Waals surface area contributed by atoms with E-state index in [2.05, 4.69) is 23.5 Å². The third kappa shape index (κ3) is 7.25. The van der Waals surface area contributed by atoms with E-state index in [1.807, 2.05) is 6.08 Å². The number of allylic oxidation sites excluding steroid dienone is 2. The highest BCUT2D eigenvalue weighted by molar-refractivity contribution is 5.42. The first-order valence-corrected chi connectivity index (χ1v) is 11.7. The minimum absolute atomic E-state index is 0.0402. The van der Waals surface area contributed by atoms with Crippen molar-refractivity contribution in [3.8, 4) is 17.6 Å². The van der Waals surface area contributed by atoms with Gasteiger partial charge in [-0.3, -0.25) is 0 Å². The molecule has 0 aromatic heterocycles. The van der Waals surface area contributed by atoms with Crippen molar-refractivity contribution < 1.29 is 26.7 Å². The van der Waals surface area contributed by atoms with E-state index < -0.39 is 23.7 Å². The molecule has 1 aromatic carbocycles. The van der Waals surface area contributed by atoms with E-state index in [0.717, 1.165) is 42.7 Å². The van der Waals surface area contributed by atoms with Crippen molar-refractivity contribution >= 4 is 0 Å². The van der Waals surface area contributed by atoms with Crippen LogP contribution in [0.5, 0.6) is 5.75 Å². The Kier molecular flexibility index (Phi) is 8.62. The summed E-state index contributed by atoms with van der Waals surface area (Å²) in [6, 6.07) is 1.48. The van der Waals surface area contributed by atoms with Gasteiger partial charge in [-0.1, -0.05) is 50.5 Å². The zero-order chi connectivity index (χ0) is 23.1. The van der Waals surface area contributed by atoms with Crippen molar-refractivity contribution in [2.24, 2.45) is 23.7 Å². The standard InChI is InChI=1S/C26H31F5O/c1-2-5-18-8-12-21(13-9-18)22-14-10-19(11-15-22)6-3-4-7-20-16-23(27)25(24(28)17-20)32-26(29,30)31/h3,6,16-19,21-22H,2,5,8-15H2,1H3/b6-3+. The summed E-state index contributed by atoms with van der Waals surface area (Å²) < 4.78 is 67.5. The maximum atomic E-state index is 13.7. The fraction of sp³-hybridized carbons (Fsp3) is 0.615. The molecule has 0 N–H and O–H groups in total. The molecule has 2 aliphatic rings. The van der Waals surface area contributed by atoms with Gasteiger partial charge in [-0.25, -0.2) is 8.78 Å². The number of benzene rings is 1. The van der Waals surface area contributed by atoms with Gasteiger partial charge in [-0.05, 0) is 80.4 Å². The molecule has 2 fully saturated rings. The molecule has 0 heterocycles. The van der Waals surface area contributed by atoms with Gasteiger partial charge in [-0.2, -0.15) is 0 Å². The maximum absolute atomic E-state index is 13.7. The monoisotopic (exact) mass is 454 g/mol. The average Bonchev–Trinajstić information content (AvgIpc) is 2.74. The number of halogens is 5. The van der Waals surface area contributed by atoms with Gasteiger partial charge in [-0.15, -0.1) is 13.2 Å². The van der Waals surface area contributed by atoms with Gasteiger partial charge in [0.15, 0.2) is 11.6 Å². The van der Waals surface area contributed by atoms with Crippen LogP contribution in [0.1, 0.15) is 76.7 Å². The summed E-state index contributed by atoms with van der Waals surface area (Å²) >= 11 is 0. The Hall–Kier alpha value is -2.03. The molecule has 0 radical (unpaired) electrons. The van der Waals surface area contributed by atoms with E-state index in [1.54, 1.807) is 6.08 Å². The van der Waals surface area contributed by atoms with Gasteiger partial charge in [0.05, 0.1) is 0 Å². The number of hydrogen-bond donors (Lipinski definition) is 0. The van der Waals surface area contributed by atoms with Crippen LogP contribution in [0.4, 0.5) is 22.0 Å². The molecule has 0 saturated heterocycles. The smallest absolute Gasteiger partial charge is 0.399 e. The van der Waals surface area contributed by atoms with Gasteiger partial charge in [0, 0.05) is 5.56 Å². The van der Waals surface area contributed by atoms with Crippen LogP contribution in [-0.4, -0.2) is 6.36 Å². The molecule has 32 heavy (non-hydrogen) atoms. The molecule has 0 spiro atoms. The minimum atomic E-state index is -5.16. The van der Waals surface area contributed by atoms with E-state index in [9.17, 15) is 22.0 Å². The highest BCUT2D eigenvalue weighted by Crippen LogP contribution is 2.42. The largest absolute Gasteiger partial charge is 0.573 e. The topological polar surface area (TPSA) is 9.23 Å². The van der Waals surface area contributed by atoms with E-state index in [1.165, 1.54) is 51.4 Å². The van der Waals surface area contributed by atoms with Crippen LogP contribution >= 0.6 is 0 Å². The summed E-state index contributed by atoms with van der Waals surface area (Å²) in [7, 11) is 0. The van der Waals surface area contributed by atoms with Gasteiger partial charge in [0.1, 0.15) is 0 Å². The van der Waals surface area contributed by atoms with Crippen LogP contribution in [0, 0.1) is 47.1 Å². The third-order valence-corrected chi connectivity index (χ3v) is 6.96. The fourth-order valence-electron chi connectivity index (χ4n) is 5.32. The lowest BCUT2D eigenvalue weighted by atomic mass is 9.69. The Labute approximate surface area is 187 Å². The second-order valence-electron chi connectivity index (χ2n) is 9.19. The molecule has 0 aliphatic heterocycles. The molecule has 1 nitrogen and oxygen atoms in total. The normalized spacial score (nSPS) is 26.6. The lowest BCUT2D eigenvalue weighted by Crippen LogP contribution is -2.25. The Bertz CT molecular complexity index is 809. The Morgan fingerprint density at radius 3 is 2.03 bits per heavy atom. The molecule has 0 atom stereocenters. The van der Waals surface area contributed by atoms with Crippen LogP contribution in [0.15, 0.2) is 24.3 Å². The van der Waals surface area contributed by atoms with Gasteiger partial charge in [0.2, 0.25) is 5.75 Å². The predicted octanol–water partition coefficient (Wildman–Crippen LogP) is 8.18. The molecule has 176 valence electrons. The molecule has 2 saturated carbocycles. The highest BCUT2D eigenvalue weighted by atomic mass is 19.4. The van der Waals surface area contributed by atoms with Crippen LogP contribution in [0.3, 0.4) is 0 Å². The summed E-state index contributed by atoms with van der Waals surface area (Å²) in [6.07, 6.45) is 11.5. The summed E-state index contributed by atoms with van der Waals surface area (Å²) in [5.41, 5.74) is -0.0402. The second-order valence-corrected chi connectivity index (χ2v) is 9.19. The molecule has 0 amide bonds. The van der Waals surface area contributed by atoms with Gasteiger partial charge < -0.3 is 4.74 Å². The minimum Gasteiger partial charge on any atom is -0.399 e. The fourth-order valence-corrected chi connectivity index (χ4v) is 5.32. The van der Waals surface area contributed by atoms with Crippen LogP contribution in [-0.2, 0) is 0 Å². The first-order chi connectivity index (χ1) is 15.2. The van der Waals surface area contributed by atoms with Gasteiger partial charge >= 0.3 is 6.36 Å². The molecule has 0 bridgehead atoms. The Morgan fingerprint density at radius 2 is 1.50 bits per heavy atom. The van der Waals surface area contributed by atoms with Crippen molar-refractivity contribution in [3.63, 3.8) is 0 Å². The zero-order valence-corrected chi connectivity index (χ0v) is 18.5. The summed E-state index contributed by atoms with van der Waals surface area (Å²) in [4.78, 5) is 0. The van der Waals surface area contributed by atoms with Crippen LogP contribution in [0.25, 0.3) is 0 Å². The Balaban J connectivity index is 1.47. The van der Waals surface area contributed by atoms with Crippen molar-refractivity contribution in [2.75, 3.05) is 0 Å². The Morgan fingerprint density at radius 1 is 0.938 bits per heavy atom. The lowest BCUT2D eigenvalue weighted by Gasteiger charge is -2.37. The predicted molar refractivity (Wildman–Crippen MR) is 115 cm³/mol. The van der Waals surface area contributed by atoms with Crippen molar-refractivity contribution in [2.45, 2.75) is 77.5 Å². The quantitative estimate of drug-likeness (QED) is 0.322. The lowest BCUT2D eigenvalue weighted by molar-refractivity contribution is -0.276. The summed E-state index contributed by atoms with van der Waals surface area (Å²) in [6.45, 7) is 2.27. The third-order valence-electron chi connectivity index (χ3n) is 6.96. The first-order valence-electron chi connectivity index (χ1n) is 11.7. The SMILES string of the molecule is CCCC1CCC(C2CCC(/C=C/C#Cc3cc(F)c(OC(F)(F)F)c(F)c3)CC2)CC1. The molecular weight excluding hydrogens is 423 g/mol. The maximum Gasteiger partial charge on any atom is 0.573 e. The van der Waals surface area contributed by atoms with Crippen molar-refractivity contribution in [3.05, 3.63) is 41.5 Å². The summed E-state index contributed by atoms with van der Waals surface area (Å²) in [5, 5.41) is 0. The van der Waals surface area contributed by atoms with Crippen LogP contribution in [0.2, 0.25) is 0 Å². The van der Waals surface area contributed by atoms with Crippen LogP contribution < -0.4 is 4.74 Å². The highest BCUT2D eigenvalue weighted by Gasteiger charge is 2.34. The van der Waals surface area contributed by atoms with E-state index in [4.69, 9.17) is 0 Å². The molecule has 6 heteroatoms. The number of alkyl halides is 3. The van der Waals surface area contributed by atoms with Crippen molar-refractivity contribution in [1.82, 2.24) is 0 Å². The van der Waals surface area contributed by atoms with E-state index in [-0.39, 0.29) is 5.56 Å².